The molecule has 0 spiro atoms. The first-order valence-electron chi connectivity index (χ1n) is 5.83. The van der Waals surface area contributed by atoms with Crippen LogP contribution in [-0.4, -0.2) is 15.7 Å². The number of benzene rings is 1. The fraction of sp³-hybridized carbons (Fsp3) is 0.231. The number of fused-ring (bicyclic) bond motifs is 1. The number of amides is 1. The van der Waals surface area contributed by atoms with Crippen molar-refractivity contribution in [3.63, 3.8) is 0 Å². The van der Waals surface area contributed by atoms with E-state index in [1.54, 1.807) is 24.0 Å². The fourth-order valence-corrected chi connectivity index (χ4v) is 2.58. The molecule has 2 aromatic rings. The van der Waals surface area contributed by atoms with Crippen molar-refractivity contribution >= 4 is 23.3 Å². The summed E-state index contributed by atoms with van der Waals surface area (Å²) in [6.45, 7) is 0. The standard InChI is InChI=1S/C13H11ClFN3O/c1-18-13-10(6-16-18)8(5-12(19)17-13)9-4-7(14)2-3-11(9)15/h2-4,6,8H,5H2,1H3,(H,17,19)/t8-/m1/s1. The van der Waals surface area contributed by atoms with Gasteiger partial charge in [-0.15, -0.1) is 0 Å². The molecule has 0 radical (unpaired) electrons. The molecule has 0 saturated carbocycles. The first kappa shape index (κ1) is 12.2. The van der Waals surface area contributed by atoms with Gasteiger partial charge in [0.05, 0.1) is 6.20 Å². The third-order valence-electron chi connectivity index (χ3n) is 3.32. The van der Waals surface area contributed by atoms with E-state index in [4.69, 9.17) is 11.6 Å². The first-order valence-corrected chi connectivity index (χ1v) is 6.20. The van der Waals surface area contributed by atoms with Crippen LogP contribution < -0.4 is 5.32 Å². The Labute approximate surface area is 114 Å². The predicted molar refractivity (Wildman–Crippen MR) is 69.7 cm³/mol. The molecule has 19 heavy (non-hydrogen) atoms. The van der Waals surface area contributed by atoms with Crippen LogP contribution in [0.1, 0.15) is 23.5 Å². The van der Waals surface area contributed by atoms with Gasteiger partial charge in [0.2, 0.25) is 5.91 Å². The molecule has 1 N–H and O–H groups in total. The summed E-state index contributed by atoms with van der Waals surface area (Å²) in [5, 5.41) is 7.31. The Morgan fingerprint density at radius 2 is 2.26 bits per heavy atom. The third-order valence-corrected chi connectivity index (χ3v) is 3.56. The summed E-state index contributed by atoms with van der Waals surface area (Å²) in [4.78, 5) is 11.7. The number of nitrogens with zero attached hydrogens (tertiary/aromatic N) is 2. The van der Waals surface area contributed by atoms with E-state index < -0.39 is 0 Å². The quantitative estimate of drug-likeness (QED) is 0.872. The van der Waals surface area contributed by atoms with Gasteiger partial charge in [0.15, 0.2) is 0 Å². The average molecular weight is 280 g/mol. The summed E-state index contributed by atoms with van der Waals surface area (Å²) in [6, 6.07) is 4.38. The fourth-order valence-electron chi connectivity index (χ4n) is 2.40. The minimum Gasteiger partial charge on any atom is -0.311 e. The third kappa shape index (κ3) is 2.00. The van der Waals surface area contributed by atoms with Crippen molar-refractivity contribution < 1.29 is 9.18 Å². The molecule has 1 amide bonds. The topological polar surface area (TPSA) is 46.9 Å². The van der Waals surface area contributed by atoms with Crippen LogP contribution in [0.15, 0.2) is 24.4 Å². The Morgan fingerprint density at radius 3 is 3.05 bits per heavy atom. The summed E-state index contributed by atoms with van der Waals surface area (Å²) in [6.07, 6.45) is 1.84. The van der Waals surface area contributed by atoms with E-state index >= 15 is 0 Å². The second kappa shape index (κ2) is 4.35. The lowest BCUT2D eigenvalue weighted by molar-refractivity contribution is -0.116. The Hall–Kier alpha value is -1.88. The maximum absolute atomic E-state index is 14.0. The molecule has 1 aromatic carbocycles. The number of hydrogen-bond donors (Lipinski definition) is 1. The second-order valence-electron chi connectivity index (χ2n) is 4.54. The summed E-state index contributed by atoms with van der Waals surface area (Å²) < 4.78 is 15.5. The first-order chi connectivity index (χ1) is 9.06. The number of carbonyl (C=O) groups is 1. The normalized spacial score (nSPS) is 18.1. The molecule has 0 aliphatic carbocycles. The summed E-state index contributed by atoms with van der Waals surface area (Å²) in [7, 11) is 1.73. The lowest BCUT2D eigenvalue weighted by atomic mass is 9.87. The molecule has 4 nitrogen and oxygen atoms in total. The van der Waals surface area contributed by atoms with Gasteiger partial charge in [0.25, 0.3) is 0 Å². The zero-order valence-corrected chi connectivity index (χ0v) is 10.9. The highest BCUT2D eigenvalue weighted by Gasteiger charge is 2.31. The van der Waals surface area contributed by atoms with E-state index in [1.165, 1.54) is 12.1 Å². The minimum absolute atomic E-state index is 0.152. The van der Waals surface area contributed by atoms with Crippen LogP contribution in [0.25, 0.3) is 0 Å². The van der Waals surface area contributed by atoms with Crippen LogP contribution in [0.5, 0.6) is 0 Å². The molecular formula is C13H11ClFN3O. The lowest BCUT2D eigenvalue weighted by Crippen LogP contribution is -2.24. The molecule has 0 fully saturated rings. The molecule has 1 atom stereocenters. The number of aryl methyl sites for hydroxylation is 1. The van der Waals surface area contributed by atoms with Crippen LogP contribution in [0.4, 0.5) is 10.2 Å². The van der Waals surface area contributed by atoms with Crippen molar-refractivity contribution in [2.24, 2.45) is 7.05 Å². The molecule has 0 bridgehead atoms. The van der Waals surface area contributed by atoms with Crippen molar-refractivity contribution in [1.29, 1.82) is 0 Å². The zero-order chi connectivity index (χ0) is 13.6. The maximum atomic E-state index is 14.0. The highest BCUT2D eigenvalue weighted by atomic mass is 35.5. The molecule has 3 rings (SSSR count). The number of rotatable bonds is 1. The summed E-state index contributed by atoms with van der Waals surface area (Å²) in [5.74, 6) is -0.254. The Bertz CT molecular complexity index is 668. The van der Waals surface area contributed by atoms with Gasteiger partial charge in [-0.05, 0) is 23.8 Å². The molecule has 98 valence electrons. The Balaban J connectivity index is 2.15. The van der Waals surface area contributed by atoms with Gasteiger partial charge in [-0.3, -0.25) is 9.48 Å². The van der Waals surface area contributed by atoms with Crippen molar-refractivity contribution in [1.82, 2.24) is 9.78 Å². The minimum atomic E-state index is -0.362. The van der Waals surface area contributed by atoms with Crippen LogP contribution in [-0.2, 0) is 11.8 Å². The van der Waals surface area contributed by atoms with Crippen LogP contribution in [0.2, 0.25) is 5.02 Å². The van der Waals surface area contributed by atoms with E-state index in [1.807, 2.05) is 0 Å². The number of carbonyl (C=O) groups excluding carboxylic acids is 1. The zero-order valence-electron chi connectivity index (χ0n) is 10.2. The highest BCUT2D eigenvalue weighted by molar-refractivity contribution is 6.30. The van der Waals surface area contributed by atoms with Gasteiger partial charge in [0, 0.05) is 30.0 Å². The van der Waals surface area contributed by atoms with Crippen LogP contribution in [0.3, 0.4) is 0 Å². The van der Waals surface area contributed by atoms with E-state index in [2.05, 4.69) is 10.4 Å². The number of nitrogens with one attached hydrogen (secondary N) is 1. The molecular weight excluding hydrogens is 269 g/mol. The molecule has 0 unspecified atom stereocenters. The Kier molecular flexibility index (Phi) is 2.78. The van der Waals surface area contributed by atoms with Crippen molar-refractivity contribution in [2.45, 2.75) is 12.3 Å². The number of anilines is 1. The van der Waals surface area contributed by atoms with Gasteiger partial charge in [-0.25, -0.2) is 4.39 Å². The highest BCUT2D eigenvalue weighted by Crippen LogP contribution is 2.38. The van der Waals surface area contributed by atoms with E-state index in [9.17, 15) is 9.18 Å². The van der Waals surface area contributed by atoms with Crippen molar-refractivity contribution in [3.8, 4) is 0 Å². The monoisotopic (exact) mass is 279 g/mol. The summed E-state index contributed by atoms with van der Waals surface area (Å²) >= 11 is 5.92. The molecule has 6 heteroatoms. The lowest BCUT2D eigenvalue weighted by Gasteiger charge is -2.23. The maximum Gasteiger partial charge on any atom is 0.226 e. The SMILES string of the molecule is Cn1ncc2c1NC(=O)C[C@@H]2c1cc(Cl)ccc1F. The van der Waals surface area contributed by atoms with E-state index in [0.29, 0.717) is 16.4 Å². The van der Waals surface area contributed by atoms with E-state index in [-0.39, 0.29) is 24.1 Å². The van der Waals surface area contributed by atoms with E-state index in [0.717, 1.165) is 5.56 Å². The van der Waals surface area contributed by atoms with Gasteiger partial charge in [-0.2, -0.15) is 5.10 Å². The van der Waals surface area contributed by atoms with Crippen molar-refractivity contribution in [3.05, 3.63) is 46.4 Å². The molecule has 1 aliphatic rings. The average Bonchev–Trinajstić information content (AvgIpc) is 2.73. The van der Waals surface area contributed by atoms with Crippen LogP contribution in [0, 0.1) is 5.82 Å². The molecule has 0 saturated heterocycles. The smallest absolute Gasteiger partial charge is 0.226 e. The van der Waals surface area contributed by atoms with Crippen LogP contribution >= 0.6 is 11.6 Å². The van der Waals surface area contributed by atoms with Gasteiger partial charge in [-0.1, -0.05) is 11.6 Å². The van der Waals surface area contributed by atoms with Gasteiger partial charge < -0.3 is 5.32 Å². The predicted octanol–water partition coefficient (Wildman–Crippen LogP) is 2.69. The van der Waals surface area contributed by atoms with Gasteiger partial charge >= 0.3 is 0 Å². The number of halogens is 2. The number of hydrogen-bond acceptors (Lipinski definition) is 2. The van der Waals surface area contributed by atoms with Crippen molar-refractivity contribution in [2.75, 3.05) is 5.32 Å². The summed E-state index contributed by atoms with van der Waals surface area (Å²) in [5.41, 5.74) is 1.24. The van der Waals surface area contributed by atoms with Gasteiger partial charge in [0.1, 0.15) is 11.6 Å². The number of aromatic nitrogens is 2. The molecule has 1 aliphatic heterocycles. The Morgan fingerprint density at radius 1 is 1.47 bits per heavy atom. The molecule has 2 heterocycles. The second-order valence-corrected chi connectivity index (χ2v) is 4.98. The molecule has 1 aromatic heterocycles. The largest absolute Gasteiger partial charge is 0.311 e.